The first-order valence-corrected chi connectivity index (χ1v) is 32.8. The van der Waals surface area contributed by atoms with E-state index in [2.05, 4.69) is 77.8 Å². The number of sulfonamides is 1. The van der Waals surface area contributed by atoms with Crippen molar-refractivity contribution in [1.82, 2.24) is 34.7 Å². The van der Waals surface area contributed by atoms with Crippen LogP contribution in [0.3, 0.4) is 0 Å². The second-order valence-electron chi connectivity index (χ2n) is 24.4. The Hall–Kier alpha value is -8.54. The molecule has 482 valence electrons. The molecule has 2 unspecified atom stereocenters. The molecule has 6 aromatic rings. The standard InChI is InChI=1S/C67H73ClN10O13S/c1-67(2)21-19-48(56(39-67)46-8-10-49(68)11-9-46)43-75-24-26-76(27-25-75)50-12-15-54(60(37-50)91-51-36-47-20-22-69-62(47)71-41-51)63(80)73-92(86,87)52-13-16-57(59(38-52)78(84)85)70-40-45-5-3-23-74(42-45)28-30-89-32-34-90-33-31-88-29-4-6-44-7-14-53-55(35-44)66(83)77(65(53)82)58-17-18-61(79)72-64(58)81/h7-16,20,22,35-38,41,45,58,70H,3,5,17-19,21,23-34,39-40,42-43H2,1-2H3,(H,69,71)(H,73,80)(H,72,79,81). The van der Waals surface area contributed by atoms with Gasteiger partial charge >= 0.3 is 0 Å². The van der Waals surface area contributed by atoms with Gasteiger partial charge in [-0.05, 0) is 134 Å². The topological polar surface area (TPSA) is 277 Å². The number of benzene rings is 4. The number of likely N-dealkylation sites (tertiary alicyclic amines) is 1. The second kappa shape index (κ2) is 29.0. The molecule has 0 radical (unpaired) electrons. The molecular weight excluding hydrogens is 1220 g/mol. The van der Waals surface area contributed by atoms with Crippen molar-refractivity contribution in [2.45, 2.75) is 69.7 Å². The monoisotopic (exact) mass is 1290 g/mol. The van der Waals surface area contributed by atoms with Crippen LogP contribution < -0.4 is 25.0 Å². The fourth-order valence-electron chi connectivity index (χ4n) is 12.4. The lowest BCUT2D eigenvalue weighted by atomic mass is 9.72. The number of nitrogens with zero attached hydrogens (tertiary/aromatic N) is 6. The smallest absolute Gasteiger partial charge is 0.293 e. The molecule has 6 heterocycles. The molecule has 23 nitrogen and oxygen atoms in total. The molecule has 4 aromatic carbocycles. The van der Waals surface area contributed by atoms with Crippen molar-refractivity contribution >= 4 is 84.8 Å². The number of hydrogen-bond donors (Lipinski definition) is 4. The highest BCUT2D eigenvalue weighted by Crippen LogP contribution is 2.44. The van der Waals surface area contributed by atoms with Gasteiger partial charge < -0.3 is 39.0 Å². The number of pyridine rings is 1. The maximum absolute atomic E-state index is 14.2. The van der Waals surface area contributed by atoms with Crippen molar-refractivity contribution in [1.29, 1.82) is 0 Å². The number of piperazine rings is 1. The van der Waals surface area contributed by atoms with Crippen molar-refractivity contribution in [3.05, 3.63) is 152 Å². The molecule has 0 saturated carbocycles. The van der Waals surface area contributed by atoms with E-state index < -0.39 is 61.1 Å². The third-order valence-electron chi connectivity index (χ3n) is 17.4. The number of aromatic nitrogens is 2. The number of fused-ring (bicyclic) bond motifs is 2. The molecule has 4 N–H and O–H groups in total. The van der Waals surface area contributed by atoms with Gasteiger partial charge in [0.05, 0.1) is 65.7 Å². The van der Waals surface area contributed by atoms with Gasteiger partial charge in [-0.25, -0.2) is 18.1 Å². The SMILES string of the molecule is CC1(C)CCC(CN2CCN(c3ccc(C(=O)NS(=O)(=O)c4ccc(NCC5CCCN(CCOCCOCCOCC#Cc6ccc7c(c6)C(=O)N(C6CCC(=O)NC6=O)C7=O)C5)c([N+](=O)[O-])c4)c(Oc4cnc5[nH]ccc5c4)c3)CC2)=C(c2ccc(Cl)cc2)C1. The molecule has 2 aromatic heterocycles. The van der Waals surface area contributed by atoms with Gasteiger partial charge in [-0.15, -0.1) is 0 Å². The van der Waals surface area contributed by atoms with E-state index in [1.165, 1.54) is 53.2 Å². The Morgan fingerprint density at radius 2 is 1.62 bits per heavy atom. The zero-order valence-corrected chi connectivity index (χ0v) is 52.9. The number of imide groups is 2. The molecule has 2 atom stereocenters. The average molecular weight is 1290 g/mol. The van der Waals surface area contributed by atoms with Gasteiger partial charge in [0.1, 0.15) is 35.5 Å². The largest absolute Gasteiger partial charge is 0.455 e. The molecule has 5 aliphatic rings. The van der Waals surface area contributed by atoms with Crippen molar-refractivity contribution < 1.29 is 56.3 Å². The number of carbonyl (C=O) groups is 5. The summed E-state index contributed by atoms with van der Waals surface area (Å²) in [5.74, 6) is 3.09. The number of hydrogen-bond acceptors (Lipinski definition) is 18. The summed E-state index contributed by atoms with van der Waals surface area (Å²) in [6.45, 7) is 13.0. The number of nitrogens with one attached hydrogen (secondary N) is 4. The van der Waals surface area contributed by atoms with Crippen molar-refractivity contribution in [3.63, 3.8) is 0 Å². The highest BCUT2D eigenvalue weighted by atomic mass is 35.5. The highest BCUT2D eigenvalue weighted by Gasteiger charge is 2.45. The Bertz CT molecular complexity index is 4010. The maximum atomic E-state index is 14.2. The van der Waals surface area contributed by atoms with Crippen LogP contribution >= 0.6 is 11.6 Å². The summed E-state index contributed by atoms with van der Waals surface area (Å²) in [6.07, 6.45) is 8.30. The van der Waals surface area contributed by atoms with Crippen LogP contribution in [0.4, 0.5) is 17.1 Å². The van der Waals surface area contributed by atoms with Crippen LogP contribution in [-0.4, -0.2) is 172 Å². The summed E-state index contributed by atoms with van der Waals surface area (Å²) in [4.78, 5) is 90.9. The number of nitro groups is 1. The fraction of sp³-hybridized carbons (Fsp3) is 0.403. The maximum Gasteiger partial charge on any atom is 0.293 e. The number of rotatable bonds is 24. The van der Waals surface area contributed by atoms with Gasteiger partial charge in [-0.3, -0.25) is 49.2 Å². The molecule has 0 spiro atoms. The molecule has 3 fully saturated rings. The van der Waals surface area contributed by atoms with Gasteiger partial charge in [0.15, 0.2) is 0 Å². The van der Waals surface area contributed by atoms with Gasteiger partial charge in [0.2, 0.25) is 11.8 Å². The lowest BCUT2D eigenvalue weighted by molar-refractivity contribution is -0.384. The number of amides is 5. The molecule has 11 rings (SSSR count). The normalized spacial score (nSPS) is 18.8. The molecule has 25 heteroatoms. The summed E-state index contributed by atoms with van der Waals surface area (Å²) in [6, 6.07) is 23.9. The fourth-order valence-corrected chi connectivity index (χ4v) is 13.5. The minimum Gasteiger partial charge on any atom is -0.455 e. The molecule has 3 saturated heterocycles. The van der Waals surface area contributed by atoms with E-state index in [9.17, 15) is 42.5 Å². The van der Waals surface area contributed by atoms with E-state index in [-0.39, 0.29) is 65.5 Å². The van der Waals surface area contributed by atoms with Crippen molar-refractivity contribution in [2.75, 3.05) is 109 Å². The van der Waals surface area contributed by atoms with E-state index in [0.29, 0.717) is 74.6 Å². The lowest BCUT2D eigenvalue weighted by Gasteiger charge is -2.39. The van der Waals surface area contributed by atoms with Gasteiger partial charge in [0, 0.05) is 98.8 Å². The van der Waals surface area contributed by atoms with Crippen LogP contribution in [0.25, 0.3) is 16.6 Å². The predicted octanol–water partition coefficient (Wildman–Crippen LogP) is 8.45. The molecule has 5 amide bonds. The number of anilines is 2. The van der Waals surface area contributed by atoms with Gasteiger partial charge in [0.25, 0.3) is 33.4 Å². The highest BCUT2D eigenvalue weighted by molar-refractivity contribution is 7.90. The Morgan fingerprint density at radius 3 is 2.40 bits per heavy atom. The molecular formula is C67H73ClN10O13S. The first kappa shape index (κ1) is 65.0. The minimum absolute atomic E-state index is 0.0367. The van der Waals surface area contributed by atoms with Crippen LogP contribution in [-0.2, 0) is 33.8 Å². The van der Waals surface area contributed by atoms with E-state index in [1.54, 1.807) is 30.5 Å². The first-order valence-electron chi connectivity index (χ1n) is 30.9. The third-order valence-corrected chi connectivity index (χ3v) is 19.0. The third kappa shape index (κ3) is 15.8. The van der Waals surface area contributed by atoms with E-state index >= 15 is 0 Å². The second-order valence-corrected chi connectivity index (χ2v) is 26.5. The van der Waals surface area contributed by atoms with Crippen LogP contribution in [0.1, 0.15) is 101 Å². The zero-order chi connectivity index (χ0) is 64.5. The van der Waals surface area contributed by atoms with Crippen LogP contribution in [0, 0.1) is 33.3 Å². The number of aromatic amines is 1. The minimum atomic E-state index is -4.65. The summed E-state index contributed by atoms with van der Waals surface area (Å²) in [5, 5.41) is 19.4. The Labute approximate surface area is 538 Å². The lowest BCUT2D eigenvalue weighted by Crippen LogP contribution is -2.54. The van der Waals surface area contributed by atoms with E-state index in [1.807, 2.05) is 18.2 Å². The first-order chi connectivity index (χ1) is 44.3. The zero-order valence-electron chi connectivity index (χ0n) is 51.3. The van der Waals surface area contributed by atoms with E-state index in [0.717, 1.165) is 86.9 Å². The molecule has 0 bridgehead atoms. The summed E-state index contributed by atoms with van der Waals surface area (Å²) in [7, 11) is -4.65. The number of halogens is 1. The summed E-state index contributed by atoms with van der Waals surface area (Å²) in [5.41, 5.74) is 6.13. The van der Waals surface area contributed by atoms with Crippen LogP contribution in [0.5, 0.6) is 11.5 Å². The van der Waals surface area contributed by atoms with Crippen molar-refractivity contribution in [2.24, 2.45) is 11.3 Å². The quantitative estimate of drug-likeness (QED) is 0.0145. The summed E-state index contributed by atoms with van der Waals surface area (Å²) < 4.78 is 53.5. The van der Waals surface area contributed by atoms with Crippen molar-refractivity contribution in [3.8, 4) is 23.3 Å². The number of allylic oxidation sites excluding steroid dienone is 1. The average Bonchev–Trinajstić information content (AvgIpc) is 1.57. The van der Waals surface area contributed by atoms with Gasteiger partial charge in [-0.1, -0.05) is 55.0 Å². The molecule has 1 aliphatic carbocycles. The summed E-state index contributed by atoms with van der Waals surface area (Å²) >= 11 is 6.27. The number of piperidine rings is 2. The Kier molecular flexibility index (Phi) is 20.5. The number of carbonyl (C=O) groups excluding carboxylic acids is 5. The number of H-pyrrole nitrogens is 1. The molecule has 4 aliphatic heterocycles. The Balaban J connectivity index is 0.627. The van der Waals surface area contributed by atoms with Crippen LogP contribution in [0.2, 0.25) is 5.02 Å². The molecule has 92 heavy (non-hydrogen) atoms. The van der Waals surface area contributed by atoms with E-state index in [4.69, 9.17) is 30.5 Å². The van der Waals surface area contributed by atoms with Crippen LogP contribution in [0.15, 0.2) is 114 Å². The number of ether oxygens (including phenoxy) is 4. The van der Waals surface area contributed by atoms with Gasteiger partial charge in [-0.2, -0.15) is 0 Å². The predicted molar refractivity (Wildman–Crippen MR) is 345 cm³/mol. The number of nitro benzene ring substituents is 1. The Morgan fingerprint density at radius 1 is 0.848 bits per heavy atom.